The van der Waals surface area contributed by atoms with Gasteiger partial charge >= 0.3 is 0 Å². The maximum absolute atomic E-state index is 12.5. The Balaban J connectivity index is 1.40. The van der Waals surface area contributed by atoms with Crippen LogP contribution in [0.3, 0.4) is 0 Å². The molecule has 2 atom stereocenters. The normalized spacial score (nSPS) is 19.3. The molecule has 0 aliphatic carbocycles. The van der Waals surface area contributed by atoms with E-state index >= 15 is 0 Å². The van der Waals surface area contributed by atoms with Crippen molar-refractivity contribution in [1.29, 1.82) is 0 Å². The Bertz CT molecular complexity index is 890. The number of fused-ring (bicyclic) bond motifs is 1. The molecule has 6 heteroatoms. The largest absolute Gasteiger partial charge is 0.494 e. The summed E-state index contributed by atoms with van der Waals surface area (Å²) >= 11 is 1.76. The summed E-state index contributed by atoms with van der Waals surface area (Å²) in [5.74, 6) is 0.860. The summed E-state index contributed by atoms with van der Waals surface area (Å²) in [6.07, 6.45) is 2.22. The number of ether oxygens (including phenoxy) is 1. The Labute approximate surface area is 163 Å². The zero-order valence-corrected chi connectivity index (χ0v) is 16.2. The third kappa shape index (κ3) is 4.12. The summed E-state index contributed by atoms with van der Waals surface area (Å²) in [7, 11) is 0. The van der Waals surface area contributed by atoms with Crippen LogP contribution in [-0.2, 0) is 4.79 Å². The zero-order valence-electron chi connectivity index (χ0n) is 15.4. The predicted molar refractivity (Wildman–Crippen MR) is 109 cm³/mol. The molecule has 0 saturated carbocycles. The third-order valence-corrected chi connectivity index (χ3v) is 6.08. The van der Waals surface area contributed by atoms with Gasteiger partial charge in [0, 0.05) is 18.5 Å². The van der Waals surface area contributed by atoms with Crippen molar-refractivity contribution in [2.24, 2.45) is 0 Å². The number of carbonyl (C=O) groups excluding carboxylic acids is 1. The number of benzene rings is 2. The van der Waals surface area contributed by atoms with E-state index in [4.69, 9.17) is 9.72 Å². The number of anilines is 1. The summed E-state index contributed by atoms with van der Waals surface area (Å²) < 4.78 is 6.66. The van der Waals surface area contributed by atoms with Crippen LogP contribution in [0.1, 0.15) is 30.8 Å². The van der Waals surface area contributed by atoms with Crippen LogP contribution in [0.25, 0.3) is 10.2 Å². The maximum atomic E-state index is 12.5. The van der Waals surface area contributed by atoms with Crippen molar-refractivity contribution in [2.75, 3.05) is 25.0 Å². The number of likely N-dealkylation sites (tertiary alicyclic amines) is 1. The van der Waals surface area contributed by atoms with E-state index in [0.717, 1.165) is 41.3 Å². The molecule has 0 radical (unpaired) electrons. The predicted octanol–water partition coefficient (Wildman–Crippen LogP) is 3.05. The van der Waals surface area contributed by atoms with Crippen molar-refractivity contribution in [3.63, 3.8) is 0 Å². The number of para-hydroxylation sites is 1. The Kier molecular flexibility index (Phi) is 5.36. The van der Waals surface area contributed by atoms with Crippen LogP contribution in [-0.4, -0.2) is 30.6 Å². The van der Waals surface area contributed by atoms with Gasteiger partial charge in [0.05, 0.1) is 23.4 Å². The number of carbonyl (C=O) groups is 1. The number of thiazole rings is 1. The molecule has 1 amide bonds. The van der Waals surface area contributed by atoms with E-state index in [-0.39, 0.29) is 5.91 Å². The van der Waals surface area contributed by atoms with E-state index in [0.29, 0.717) is 19.2 Å². The fraction of sp³-hybridized carbons (Fsp3) is 0.333. The van der Waals surface area contributed by atoms with Crippen molar-refractivity contribution >= 4 is 33.1 Å². The van der Waals surface area contributed by atoms with E-state index in [2.05, 4.69) is 17.4 Å². The lowest BCUT2D eigenvalue weighted by Gasteiger charge is -2.19. The minimum Gasteiger partial charge on any atom is -0.494 e. The fourth-order valence-corrected chi connectivity index (χ4v) is 4.83. The average molecular weight is 383 g/mol. The van der Waals surface area contributed by atoms with E-state index in [1.54, 1.807) is 11.3 Å². The number of amides is 1. The van der Waals surface area contributed by atoms with Crippen LogP contribution in [0.4, 0.5) is 5.69 Å². The van der Waals surface area contributed by atoms with Crippen molar-refractivity contribution in [1.82, 2.24) is 4.98 Å². The molecule has 0 spiro atoms. The quantitative estimate of drug-likeness (QED) is 0.689. The standard InChI is InChI=1S/C21H23N3O2S/c1-2-26-16-11-9-15(10-12-16)22-20(25)14-24-13-5-7-18(24)21-23-17-6-3-4-8-19(17)27-21/h3-4,6,8-12,18H,2,5,7,13-14H2,1H3,(H,22,25)/p+1/t18-/m1/s1. The lowest BCUT2D eigenvalue weighted by molar-refractivity contribution is -0.910. The van der Waals surface area contributed by atoms with Crippen LogP contribution in [0, 0.1) is 0 Å². The smallest absolute Gasteiger partial charge is 0.279 e. The molecule has 2 heterocycles. The van der Waals surface area contributed by atoms with Gasteiger partial charge in [-0.25, -0.2) is 4.98 Å². The van der Waals surface area contributed by atoms with Gasteiger partial charge in [0.15, 0.2) is 11.6 Å². The van der Waals surface area contributed by atoms with Crippen molar-refractivity contribution in [2.45, 2.75) is 25.8 Å². The molecule has 1 aliphatic heterocycles. The number of nitrogens with one attached hydrogen (secondary N) is 2. The highest BCUT2D eigenvalue weighted by Crippen LogP contribution is 2.28. The van der Waals surface area contributed by atoms with Gasteiger partial charge in [-0.3, -0.25) is 4.79 Å². The number of hydrogen-bond acceptors (Lipinski definition) is 4. The van der Waals surface area contributed by atoms with Gasteiger partial charge in [0.25, 0.3) is 5.91 Å². The molecule has 2 aromatic carbocycles. The van der Waals surface area contributed by atoms with Crippen molar-refractivity contribution < 1.29 is 14.4 Å². The van der Waals surface area contributed by atoms with Gasteiger partial charge in [-0.2, -0.15) is 0 Å². The molecule has 5 nitrogen and oxygen atoms in total. The monoisotopic (exact) mass is 382 g/mol. The summed E-state index contributed by atoms with van der Waals surface area (Å²) in [4.78, 5) is 18.7. The number of hydrogen-bond donors (Lipinski definition) is 2. The second-order valence-corrected chi connectivity index (χ2v) is 7.87. The molecule has 3 aromatic rings. The lowest BCUT2D eigenvalue weighted by atomic mass is 10.2. The second kappa shape index (κ2) is 8.06. The van der Waals surface area contributed by atoms with Crippen molar-refractivity contribution in [3.05, 3.63) is 53.5 Å². The van der Waals surface area contributed by atoms with Crippen LogP contribution in [0.15, 0.2) is 48.5 Å². The van der Waals surface area contributed by atoms with Gasteiger partial charge in [0.2, 0.25) is 0 Å². The summed E-state index contributed by atoms with van der Waals surface area (Å²) in [6.45, 7) is 4.07. The number of rotatable bonds is 6. The van der Waals surface area contributed by atoms with Crippen LogP contribution in [0.2, 0.25) is 0 Å². The topological polar surface area (TPSA) is 55.7 Å². The Morgan fingerprint density at radius 1 is 1.26 bits per heavy atom. The first-order valence-corrected chi connectivity index (χ1v) is 10.3. The Hall–Kier alpha value is -2.44. The first-order valence-electron chi connectivity index (χ1n) is 9.45. The highest BCUT2D eigenvalue weighted by atomic mass is 32.1. The number of aromatic nitrogens is 1. The van der Waals surface area contributed by atoms with Crippen LogP contribution >= 0.6 is 11.3 Å². The molecule has 140 valence electrons. The molecule has 1 aliphatic rings. The molecular weight excluding hydrogens is 358 g/mol. The van der Waals surface area contributed by atoms with Gasteiger partial charge < -0.3 is 15.0 Å². The van der Waals surface area contributed by atoms with Crippen LogP contribution in [0.5, 0.6) is 5.75 Å². The average Bonchev–Trinajstić information content (AvgIpc) is 3.29. The van der Waals surface area contributed by atoms with Gasteiger partial charge in [-0.15, -0.1) is 11.3 Å². The lowest BCUT2D eigenvalue weighted by Crippen LogP contribution is -3.11. The molecule has 1 unspecified atom stereocenters. The van der Waals surface area contributed by atoms with Gasteiger partial charge in [0.1, 0.15) is 11.8 Å². The summed E-state index contributed by atoms with van der Waals surface area (Å²) in [6, 6.07) is 16.1. The molecule has 0 bridgehead atoms. The second-order valence-electron chi connectivity index (χ2n) is 6.81. The van der Waals surface area contributed by atoms with Gasteiger partial charge in [-0.1, -0.05) is 12.1 Å². The molecule has 27 heavy (non-hydrogen) atoms. The molecule has 4 rings (SSSR count). The third-order valence-electron chi connectivity index (χ3n) is 4.93. The van der Waals surface area contributed by atoms with E-state index < -0.39 is 0 Å². The van der Waals surface area contributed by atoms with Crippen molar-refractivity contribution in [3.8, 4) is 5.75 Å². The highest BCUT2D eigenvalue weighted by molar-refractivity contribution is 7.18. The van der Waals surface area contributed by atoms with E-state index in [1.165, 1.54) is 9.60 Å². The summed E-state index contributed by atoms with van der Waals surface area (Å²) in [5.41, 5.74) is 1.86. The summed E-state index contributed by atoms with van der Waals surface area (Å²) in [5, 5.41) is 4.15. The van der Waals surface area contributed by atoms with Crippen LogP contribution < -0.4 is 15.0 Å². The minimum absolute atomic E-state index is 0.0437. The Morgan fingerprint density at radius 3 is 2.85 bits per heavy atom. The molecule has 1 fully saturated rings. The first-order chi connectivity index (χ1) is 13.2. The van der Waals surface area contributed by atoms with E-state index in [9.17, 15) is 4.79 Å². The van der Waals surface area contributed by atoms with Gasteiger partial charge in [-0.05, 0) is 43.3 Å². The molecule has 2 N–H and O–H groups in total. The fourth-order valence-electron chi connectivity index (χ4n) is 3.67. The maximum Gasteiger partial charge on any atom is 0.279 e. The number of nitrogens with zero attached hydrogens (tertiary/aromatic N) is 1. The minimum atomic E-state index is 0.0437. The van der Waals surface area contributed by atoms with E-state index in [1.807, 2.05) is 43.3 Å². The first kappa shape index (κ1) is 17.9. The SMILES string of the molecule is CCOc1ccc(NC(=O)C[NH+]2CCC[C@@H]2c2nc3ccccc3s2)cc1. The molecular formula is C21H24N3O2S+. The molecule has 1 aromatic heterocycles. The molecule has 1 saturated heterocycles. The number of quaternary nitrogens is 1. The Morgan fingerprint density at radius 2 is 2.07 bits per heavy atom. The highest BCUT2D eigenvalue weighted by Gasteiger charge is 2.33. The zero-order chi connectivity index (χ0) is 18.6.